The lowest BCUT2D eigenvalue weighted by Gasteiger charge is -2.51. The Balaban J connectivity index is 1.51. The second kappa shape index (κ2) is 10.2. The minimum atomic E-state index is -0.939. The van der Waals surface area contributed by atoms with Gasteiger partial charge >= 0.3 is 5.97 Å². The normalized spacial score (nSPS) is 17.3. The van der Waals surface area contributed by atoms with Crippen LogP contribution in [0.4, 0.5) is 0 Å². The second-order valence-electron chi connectivity index (χ2n) is 8.68. The lowest BCUT2D eigenvalue weighted by atomic mass is 9.84. The van der Waals surface area contributed by atoms with E-state index in [1.165, 1.54) is 7.11 Å². The molecule has 2 amide bonds. The maximum Gasteiger partial charge on any atom is 0.307 e. The molecule has 0 N–H and O–H groups in total. The average molecular weight is 499 g/mol. The number of fused-ring (bicyclic) bond motifs is 1. The number of hydrogen-bond donors (Lipinski definition) is 0. The van der Waals surface area contributed by atoms with Gasteiger partial charge in [0.25, 0.3) is 0 Å². The summed E-state index contributed by atoms with van der Waals surface area (Å²) >= 11 is 7.62. The Morgan fingerprint density at radius 2 is 1.88 bits per heavy atom. The molecule has 34 heavy (non-hydrogen) atoms. The molecule has 1 atom stereocenters. The van der Waals surface area contributed by atoms with Crippen molar-refractivity contribution in [3.63, 3.8) is 0 Å². The van der Waals surface area contributed by atoms with Crippen LogP contribution in [0.5, 0.6) is 0 Å². The van der Waals surface area contributed by atoms with Crippen molar-refractivity contribution in [2.45, 2.75) is 38.3 Å². The van der Waals surface area contributed by atoms with Crippen LogP contribution in [0.1, 0.15) is 30.9 Å². The van der Waals surface area contributed by atoms with Gasteiger partial charge in [0.1, 0.15) is 5.54 Å². The Morgan fingerprint density at radius 1 is 1.15 bits per heavy atom. The number of carbonyl (C=O) groups is 3. The molecule has 0 aliphatic carbocycles. The Labute approximate surface area is 208 Å². The monoisotopic (exact) mass is 498 g/mol. The van der Waals surface area contributed by atoms with E-state index in [1.54, 1.807) is 33.3 Å². The molecule has 0 radical (unpaired) electrons. The van der Waals surface area contributed by atoms with Crippen molar-refractivity contribution in [2.24, 2.45) is 0 Å². The topological polar surface area (TPSA) is 66.9 Å². The first-order valence-corrected chi connectivity index (χ1v) is 12.4. The SMILES string of the molecule is COC(=O)CCN(Cc1ccc(Cl)cc1)C(=O)C1(C)CCN1C(=O)Cc1csc2ccccc12. The number of benzene rings is 2. The van der Waals surface area contributed by atoms with Gasteiger partial charge in [-0.1, -0.05) is 41.9 Å². The highest BCUT2D eigenvalue weighted by atomic mass is 35.5. The molecule has 0 bridgehead atoms. The van der Waals surface area contributed by atoms with E-state index in [2.05, 4.69) is 0 Å². The van der Waals surface area contributed by atoms with E-state index >= 15 is 0 Å². The van der Waals surface area contributed by atoms with Crippen LogP contribution in [0.15, 0.2) is 53.9 Å². The van der Waals surface area contributed by atoms with Crippen LogP contribution in [0, 0.1) is 0 Å². The molecule has 0 saturated carbocycles. The summed E-state index contributed by atoms with van der Waals surface area (Å²) in [5.41, 5.74) is 0.940. The van der Waals surface area contributed by atoms with Crippen LogP contribution in [-0.4, -0.2) is 53.3 Å². The number of likely N-dealkylation sites (tertiary alicyclic amines) is 1. The first kappa shape index (κ1) is 24.2. The van der Waals surface area contributed by atoms with Crippen molar-refractivity contribution in [1.29, 1.82) is 0 Å². The first-order valence-electron chi connectivity index (χ1n) is 11.2. The van der Waals surface area contributed by atoms with E-state index in [0.717, 1.165) is 21.2 Å². The molecule has 6 nitrogen and oxygen atoms in total. The predicted molar refractivity (Wildman–Crippen MR) is 134 cm³/mol. The Kier molecular flexibility index (Phi) is 7.24. The van der Waals surface area contributed by atoms with Gasteiger partial charge in [-0.05, 0) is 53.4 Å². The fourth-order valence-electron chi connectivity index (χ4n) is 4.34. The third kappa shape index (κ3) is 4.95. The fraction of sp³-hybridized carbons (Fsp3) is 0.346. The molecular weight excluding hydrogens is 472 g/mol. The van der Waals surface area contributed by atoms with E-state index < -0.39 is 5.54 Å². The molecule has 1 aliphatic rings. The zero-order valence-corrected chi connectivity index (χ0v) is 20.8. The molecule has 4 rings (SSSR count). The van der Waals surface area contributed by atoms with Crippen molar-refractivity contribution in [2.75, 3.05) is 20.2 Å². The average Bonchev–Trinajstić information content (AvgIpc) is 3.23. The second-order valence-corrected chi connectivity index (χ2v) is 10.0. The minimum Gasteiger partial charge on any atom is -0.469 e. The molecule has 1 saturated heterocycles. The van der Waals surface area contributed by atoms with Crippen molar-refractivity contribution in [3.05, 3.63) is 70.1 Å². The molecule has 3 aromatic rings. The Bertz CT molecular complexity index is 1210. The van der Waals surface area contributed by atoms with E-state index in [-0.39, 0.29) is 37.2 Å². The lowest BCUT2D eigenvalue weighted by molar-refractivity contribution is -0.164. The maximum atomic E-state index is 13.7. The predicted octanol–water partition coefficient (Wildman–Crippen LogP) is 4.68. The molecule has 1 aliphatic heterocycles. The van der Waals surface area contributed by atoms with Gasteiger partial charge in [0.15, 0.2) is 0 Å². The van der Waals surface area contributed by atoms with Crippen LogP contribution in [0.25, 0.3) is 10.1 Å². The summed E-state index contributed by atoms with van der Waals surface area (Å²) in [5.74, 6) is -0.615. The van der Waals surface area contributed by atoms with Crippen molar-refractivity contribution in [3.8, 4) is 0 Å². The summed E-state index contributed by atoms with van der Waals surface area (Å²) in [6.45, 7) is 2.88. The van der Waals surface area contributed by atoms with Gasteiger partial charge in [0.2, 0.25) is 11.8 Å². The number of amides is 2. The number of halogens is 1. The molecule has 178 valence electrons. The van der Waals surface area contributed by atoms with Gasteiger partial charge in [-0.2, -0.15) is 0 Å². The molecule has 8 heteroatoms. The number of nitrogens with zero attached hydrogens (tertiary/aromatic N) is 2. The highest BCUT2D eigenvalue weighted by Gasteiger charge is 2.50. The molecule has 0 spiro atoms. The summed E-state index contributed by atoms with van der Waals surface area (Å²) in [5, 5.41) is 3.71. The molecule has 1 unspecified atom stereocenters. The lowest BCUT2D eigenvalue weighted by Crippen LogP contribution is -2.68. The third-order valence-electron chi connectivity index (χ3n) is 6.47. The van der Waals surface area contributed by atoms with Crippen molar-refractivity contribution in [1.82, 2.24) is 9.80 Å². The number of rotatable bonds is 8. The maximum absolute atomic E-state index is 13.7. The largest absolute Gasteiger partial charge is 0.469 e. The van der Waals surface area contributed by atoms with Gasteiger partial charge in [0, 0.05) is 29.4 Å². The number of hydrogen-bond acceptors (Lipinski definition) is 5. The highest BCUT2D eigenvalue weighted by molar-refractivity contribution is 7.17. The van der Waals surface area contributed by atoms with Crippen LogP contribution in [0.3, 0.4) is 0 Å². The van der Waals surface area contributed by atoms with Gasteiger partial charge in [-0.15, -0.1) is 11.3 Å². The van der Waals surface area contributed by atoms with Gasteiger partial charge in [-0.3, -0.25) is 14.4 Å². The van der Waals surface area contributed by atoms with Crippen LogP contribution in [0.2, 0.25) is 5.02 Å². The molecule has 2 aromatic carbocycles. The fourth-order valence-corrected chi connectivity index (χ4v) is 5.43. The van der Waals surface area contributed by atoms with Gasteiger partial charge in [-0.25, -0.2) is 0 Å². The minimum absolute atomic E-state index is 0.0648. The van der Waals surface area contributed by atoms with Gasteiger partial charge < -0.3 is 14.5 Å². The molecule has 1 aromatic heterocycles. The summed E-state index contributed by atoms with van der Waals surface area (Å²) in [6.07, 6.45) is 0.921. The highest BCUT2D eigenvalue weighted by Crippen LogP contribution is 2.35. The van der Waals surface area contributed by atoms with Gasteiger partial charge in [0.05, 0.1) is 20.0 Å². The zero-order chi connectivity index (χ0) is 24.3. The summed E-state index contributed by atoms with van der Waals surface area (Å²) < 4.78 is 5.91. The third-order valence-corrected chi connectivity index (χ3v) is 7.73. The first-order chi connectivity index (χ1) is 16.3. The molecular formula is C26H27ClN2O4S. The standard InChI is InChI=1S/C26H27ClN2O4S/c1-26(12-14-29(26)23(30)15-19-17-34-22-6-4-3-5-21(19)22)25(32)28(13-11-24(31)33-2)16-18-7-9-20(27)10-8-18/h3-10,17H,11-16H2,1-2H3. The van der Waals surface area contributed by atoms with Crippen LogP contribution >= 0.6 is 22.9 Å². The molecule has 2 heterocycles. The Morgan fingerprint density at radius 3 is 2.56 bits per heavy atom. The Hall–Kier alpha value is -2.90. The number of ether oxygens (including phenoxy) is 1. The van der Waals surface area contributed by atoms with Crippen LogP contribution < -0.4 is 0 Å². The molecule has 1 fully saturated rings. The van der Waals surface area contributed by atoms with E-state index in [0.29, 0.717) is 24.5 Å². The quantitative estimate of drug-likeness (QED) is 0.423. The van der Waals surface area contributed by atoms with E-state index in [1.807, 2.05) is 48.7 Å². The number of thiophene rings is 1. The smallest absolute Gasteiger partial charge is 0.307 e. The number of carbonyl (C=O) groups excluding carboxylic acids is 3. The van der Waals surface area contributed by atoms with Crippen LogP contribution in [-0.2, 0) is 32.1 Å². The number of methoxy groups -OCH3 is 1. The summed E-state index contributed by atoms with van der Waals surface area (Å²) in [6, 6.07) is 15.3. The zero-order valence-electron chi connectivity index (χ0n) is 19.3. The summed E-state index contributed by atoms with van der Waals surface area (Å²) in [7, 11) is 1.33. The van der Waals surface area contributed by atoms with Crippen molar-refractivity contribution >= 4 is 50.8 Å². The van der Waals surface area contributed by atoms with E-state index in [4.69, 9.17) is 16.3 Å². The number of esters is 1. The summed E-state index contributed by atoms with van der Waals surface area (Å²) in [4.78, 5) is 42.1. The van der Waals surface area contributed by atoms with E-state index in [9.17, 15) is 14.4 Å². The van der Waals surface area contributed by atoms with Crippen molar-refractivity contribution < 1.29 is 19.1 Å².